The van der Waals surface area contributed by atoms with E-state index in [1.54, 1.807) is 0 Å². The van der Waals surface area contributed by atoms with Gasteiger partial charge in [-0.25, -0.2) is 4.79 Å². The Kier molecular flexibility index (Phi) is 9.15. The van der Waals surface area contributed by atoms with Crippen LogP contribution in [0.2, 0.25) is 0 Å². The molecule has 1 N–H and O–H groups in total. The minimum absolute atomic E-state index is 0.0123. The van der Waals surface area contributed by atoms with Gasteiger partial charge in [0.1, 0.15) is 4.88 Å². The van der Waals surface area contributed by atoms with Crippen molar-refractivity contribution in [3.05, 3.63) is 27.5 Å². The van der Waals surface area contributed by atoms with Crippen LogP contribution in [0, 0.1) is 29.1 Å². The van der Waals surface area contributed by atoms with Crippen LogP contribution in [0.25, 0.3) is 0 Å². The Morgan fingerprint density at radius 3 is 2.54 bits per heavy atom. The maximum absolute atomic E-state index is 14.0. The number of ether oxygens (including phenoxy) is 2. The molecule has 4 rings (SSSR count). The number of rotatable bonds is 7. The molecule has 6 nitrogen and oxygen atoms in total. The summed E-state index contributed by atoms with van der Waals surface area (Å²) in [5.74, 6) is 5.78. The molecule has 2 aliphatic carbocycles. The molecule has 2 fully saturated rings. The average molecular weight is 528 g/mol. The molecule has 1 aliphatic heterocycles. The molecule has 202 valence electrons. The number of aromatic carboxylic acids is 1. The molecule has 7 heteroatoms. The number of hydrogen-bond donors (Lipinski definition) is 1. The Bertz CT molecular complexity index is 1060. The third-order valence-corrected chi connectivity index (χ3v) is 8.62. The zero-order valence-corrected chi connectivity index (χ0v) is 23.5. The van der Waals surface area contributed by atoms with E-state index in [1.807, 2.05) is 31.7 Å². The molecule has 2 heterocycles. The van der Waals surface area contributed by atoms with E-state index in [9.17, 15) is 14.7 Å². The molecule has 37 heavy (non-hydrogen) atoms. The van der Waals surface area contributed by atoms with E-state index in [4.69, 9.17) is 9.47 Å². The fourth-order valence-corrected chi connectivity index (χ4v) is 6.23. The molecule has 0 bridgehead atoms. The summed E-state index contributed by atoms with van der Waals surface area (Å²) in [7, 11) is 0. The standard InChI is InChI=1S/C30H41NO5S/c1-20-5-9-22(10-6-20)28(32)31(23-11-7-21(8-12-23)18-36-24-14-16-35-19-24)26-17-25(13-15-30(2,3)4)37-27(26)29(33)34/h5,17,21-24H,6-12,14,16,18-19H2,1-4H3,(H,33,34)/t21?,22-,23?,24-/m1/s1. The second-order valence-corrected chi connectivity index (χ2v) is 12.9. The number of carbonyl (C=O) groups excluding carboxylic acids is 1. The van der Waals surface area contributed by atoms with Gasteiger partial charge < -0.3 is 19.5 Å². The van der Waals surface area contributed by atoms with Gasteiger partial charge in [-0.15, -0.1) is 11.3 Å². The van der Waals surface area contributed by atoms with Crippen molar-refractivity contribution in [2.45, 2.75) is 91.2 Å². The summed E-state index contributed by atoms with van der Waals surface area (Å²) in [5, 5.41) is 10.1. The zero-order chi connectivity index (χ0) is 26.6. The molecule has 0 unspecified atom stereocenters. The quantitative estimate of drug-likeness (QED) is 0.333. The zero-order valence-electron chi connectivity index (χ0n) is 22.7. The number of carbonyl (C=O) groups is 2. The highest BCUT2D eigenvalue weighted by Gasteiger charge is 2.37. The molecule has 1 amide bonds. The maximum Gasteiger partial charge on any atom is 0.348 e. The number of carboxylic acids is 1. The van der Waals surface area contributed by atoms with E-state index in [1.165, 1.54) is 16.9 Å². The lowest BCUT2D eigenvalue weighted by Crippen LogP contribution is -2.46. The van der Waals surface area contributed by atoms with Crippen LogP contribution in [0.15, 0.2) is 17.7 Å². The Morgan fingerprint density at radius 1 is 1.19 bits per heavy atom. The van der Waals surface area contributed by atoms with Crippen LogP contribution in [-0.4, -0.2) is 48.9 Å². The van der Waals surface area contributed by atoms with Gasteiger partial charge in [0.15, 0.2) is 0 Å². The highest BCUT2D eigenvalue weighted by Crippen LogP contribution is 2.39. The fourth-order valence-electron chi connectivity index (χ4n) is 5.39. The van der Waals surface area contributed by atoms with Crippen molar-refractivity contribution in [1.82, 2.24) is 0 Å². The number of hydrogen-bond acceptors (Lipinski definition) is 5. The molecular formula is C30H41NO5S. The number of nitrogens with zero attached hydrogens (tertiary/aromatic N) is 1. The molecule has 0 radical (unpaired) electrons. The predicted octanol–water partition coefficient (Wildman–Crippen LogP) is 6.29. The molecule has 0 aromatic carbocycles. The lowest BCUT2D eigenvalue weighted by Gasteiger charge is -2.39. The van der Waals surface area contributed by atoms with Gasteiger partial charge in [-0.05, 0) is 91.0 Å². The van der Waals surface area contributed by atoms with E-state index in [0.717, 1.165) is 64.6 Å². The minimum Gasteiger partial charge on any atom is -0.477 e. The Labute approximate surface area is 225 Å². The monoisotopic (exact) mass is 527 g/mol. The predicted molar refractivity (Wildman–Crippen MR) is 147 cm³/mol. The van der Waals surface area contributed by atoms with E-state index >= 15 is 0 Å². The summed E-state index contributed by atoms with van der Waals surface area (Å²) in [5.41, 5.74) is 1.65. The SMILES string of the molecule is CC1=CC[C@@H](C(=O)N(c2cc(C#CC(C)(C)C)sc2C(=O)O)C2CCC(CO[C@@H]3CCOC3)CC2)CC1. The summed E-state index contributed by atoms with van der Waals surface area (Å²) in [6.45, 7) is 10.4. The van der Waals surface area contributed by atoms with E-state index < -0.39 is 5.97 Å². The molecule has 0 spiro atoms. The summed E-state index contributed by atoms with van der Waals surface area (Å²) in [6, 6.07) is 1.82. The summed E-state index contributed by atoms with van der Waals surface area (Å²) < 4.78 is 11.5. The van der Waals surface area contributed by atoms with Crippen LogP contribution in [0.1, 0.15) is 93.6 Å². The number of anilines is 1. The van der Waals surface area contributed by atoms with Crippen molar-refractivity contribution in [2.24, 2.45) is 17.3 Å². The largest absolute Gasteiger partial charge is 0.477 e. The van der Waals surface area contributed by atoms with E-state index in [2.05, 4.69) is 24.8 Å². The third-order valence-electron chi connectivity index (χ3n) is 7.59. The number of thiophene rings is 1. The van der Waals surface area contributed by atoms with Crippen molar-refractivity contribution >= 4 is 28.9 Å². The smallest absolute Gasteiger partial charge is 0.348 e. The van der Waals surface area contributed by atoms with E-state index in [-0.39, 0.29) is 34.3 Å². The Balaban J connectivity index is 1.57. The van der Waals surface area contributed by atoms with Crippen LogP contribution >= 0.6 is 11.3 Å². The average Bonchev–Trinajstić information content (AvgIpc) is 3.53. The molecule has 1 aromatic heterocycles. The number of allylic oxidation sites excluding steroid dienone is 2. The summed E-state index contributed by atoms with van der Waals surface area (Å²) in [6.07, 6.45) is 9.41. The van der Waals surface area contributed by atoms with Gasteiger partial charge in [-0.3, -0.25) is 4.79 Å². The first kappa shape index (κ1) is 27.9. The molecule has 1 aromatic rings. The summed E-state index contributed by atoms with van der Waals surface area (Å²) >= 11 is 1.18. The number of amides is 1. The van der Waals surface area contributed by atoms with E-state index in [0.29, 0.717) is 23.1 Å². The third kappa shape index (κ3) is 7.46. The topological polar surface area (TPSA) is 76.1 Å². The van der Waals surface area contributed by atoms with Gasteiger partial charge in [0.05, 0.1) is 23.3 Å². The molecule has 3 aliphatic rings. The second kappa shape index (κ2) is 12.1. The van der Waals surface area contributed by atoms with Gasteiger partial charge in [0, 0.05) is 30.6 Å². The first-order chi connectivity index (χ1) is 17.6. The van der Waals surface area contributed by atoms with Crippen LogP contribution < -0.4 is 4.90 Å². The van der Waals surface area contributed by atoms with Gasteiger partial charge in [0.2, 0.25) is 5.91 Å². The minimum atomic E-state index is -0.998. The first-order valence-electron chi connectivity index (χ1n) is 13.7. The Hall–Kier alpha value is -2.14. The van der Waals surface area contributed by atoms with Crippen LogP contribution in [0.5, 0.6) is 0 Å². The van der Waals surface area contributed by atoms with Crippen molar-refractivity contribution in [2.75, 3.05) is 24.7 Å². The van der Waals surface area contributed by atoms with Gasteiger partial charge in [-0.2, -0.15) is 0 Å². The first-order valence-corrected chi connectivity index (χ1v) is 14.5. The molecule has 1 saturated heterocycles. The van der Waals surface area contributed by atoms with Gasteiger partial charge in [-0.1, -0.05) is 23.5 Å². The van der Waals surface area contributed by atoms with Crippen molar-refractivity contribution in [1.29, 1.82) is 0 Å². The van der Waals surface area contributed by atoms with Crippen LogP contribution in [0.3, 0.4) is 0 Å². The summed E-state index contributed by atoms with van der Waals surface area (Å²) in [4.78, 5) is 29.1. The van der Waals surface area contributed by atoms with Crippen molar-refractivity contribution < 1.29 is 24.2 Å². The van der Waals surface area contributed by atoms with Gasteiger partial charge in [0.25, 0.3) is 0 Å². The van der Waals surface area contributed by atoms with Gasteiger partial charge >= 0.3 is 5.97 Å². The second-order valence-electron chi connectivity index (χ2n) is 11.9. The lowest BCUT2D eigenvalue weighted by atomic mass is 9.83. The fraction of sp³-hybridized carbons (Fsp3) is 0.667. The molecular weight excluding hydrogens is 486 g/mol. The molecule has 1 saturated carbocycles. The lowest BCUT2D eigenvalue weighted by molar-refractivity contribution is -0.123. The Morgan fingerprint density at radius 2 is 1.95 bits per heavy atom. The maximum atomic E-state index is 14.0. The highest BCUT2D eigenvalue weighted by molar-refractivity contribution is 7.15. The highest BCUT2D eigenvalue weighted by atomic mass is 32.1. The molecule has 2 atom stereocenters. The van der Waals surface area contributed by atoms with Crippen molar-refractivity contribution in [3.8, 4) is 11.8 Å². The van der Waals surface area contributed by atoms with Crippen LogP contribution in [-0.2, 0) is 14.3 Å². The van der Waals surface area contributed by atoms with Crippen LogP contribution in [0.4, 0.5) is 5.69 Å². The van der Waals surface area contributed by atoms with Crippen molar-refractivity contribution in [3.63, 3.8) is 0 Å². The number of carboxylic acid groups (broad SMARTS) is 1. The normalized spacial score (nSPS) is 26.2.